The fourth-order valence-corrected chi connectivity index (χ4v) is 3.97. The lowest BCUT2D eigenvalue weighted by Crippen LogP contribution is -2.28. The number of nitrogens with zero attached hydrogens (tertiary/aromatic N) is 4. The number of nitrogens with one attached hydrogen (secondary N) is 2. The van der Waals surface area contributed by atoms with Crippen molar-refractivity contribution in [2.45, 2.75) is 45.2 Å². The second-order valence-corrected chi connectivity index (χ2v) is 8.31. The van der Waals surface area contributed by atoms with E-state index >= 15 is 0 Å². The van der Waals surface area contributed by atoms with Gasteiger partial charge in [-0.1, -0.05) is 11.6 Å². The minimum atomic E-state index is -1.12. The van der Waals surface area contributed by atoms with E-state index in [-0.39, 0.29) is 24.2 Å². The van der Waals surface area contributed by atoms with Crippen LogP contribution in [0.4, 0.5) is 10.3 Å². The lowest BCUT2D eigenvalue weighted by molar-refractivity contribution is 0.0903. The van der Waals surface area contributed by atoms with Crippen LogP contribution in [0.1, 0.15) is 41.5 Å². The van der Waals surface area contributed by atoms with Crippen LogP contribution in [0.5, 0.6) is 0 Å². The number of rotatable bonds is 8. The molecule has 1 aliphatic rings. The van der Waals surface area contributed by atoms with Gasteiger partial charge < -0.3 is 20.3 Å². The molecule has 1 unspecified atom stereocenters. The summed E-state index contributed by atoms with van der Waals surface area (Å²) in [5, 5.41) is 26.4. The van der Waals surface area contributed by atoms with Gasteiger partial charge in [-0.05, 0) is 37.5 Å². The van der Waals surface area contributed by atoms with Gasteiger partial charge in [0.1, 0.15) is 29.9 Å². The van der Waals surface area contributed by atoms with Crippen LogP contribution in [0.3, 0.4) is 0 Å². The monoisotopic (exact) mass is 476 g/mol. The Morgan fingerprint density at radius 3 is 2.85 bits per heavy atom. The molecule has 1 fully saturated rings. The molecular weight excluding hydrogens is 451 g/mol. The zero-order chi connectivity index (χ0) is 23.4. The highest BCUT2D eigenvalue weighted by Crippen LogP contribution is 2.23. The van der Waals surface area contributed by atoms with E-state index in [1.165, 1.54) is 6.07 Å². The van der Waals surface area contributed by atoms with E-state index in [0.29, 0.717) is 41.8 Å². The molecule has 0 amide bonds. The van der Waals surface area contributed by atoms with E-state index in [1.54, 1.807) is 23.3 Å². The Kier molecular flexibility index (Phi) is 7.51. The number of aliphatic hydroxyl groups excluding tert-OH is 2. The Bertz CT molecular complexity index is 1110. The predicted octanol–water partition coefficient (Wildman–Crippen LogP) is 2.63. The van der Waals surface area contributed by atoms with Crippen LogP contribution < -0.4 is 10.6 Å². The van der Waals surface area contributed by atoms with Crippen LogP contribution in [-0.2, 0) is 17.9 Å². The van der Waals surface area contributed by atoms with Crippen molar-refractivity contribution in [3.05, 3.63) is 64.1 Å². The second kappa shape index (κ2) is 10.5. The molecule has 3 heterocycles. The number of hydrogen-bond donors (Lipinski definition) is 4. The average Bonchev–Trinajstić information content (AvgIpc) is 3.29. The van der Waals surface area contributed by atoms with Gasteiger partial charge in [0.2, 0.25) is 5.95 Å². The van der Waals surface area contributed by atoms with Crippen LogP contribution in [0.25, 0.3) is 5.82 Å². The highest BCUT2D eigenvalue weighted by molar-refractivity contribution is 6.31. The van der Waals surface area contributed by atoms with Gasteiger partial charge in [0.05, 0.1) is 6.61 Å². The predicted molar refractivity (Wildman–Crippen MR) is 120 cm³/mol. The third-order valence-corrected chi connectivity index (χ3v) is 5.86. The van der Waals surface area contributed by atoms with Crippen molar-refractivity contribution in [3.8, 4) is 5.82 Å². The third kappa shape index (κ3) is 5.66. The average molecular weight is 477 g/mol. The molecule has 9 nitrogen and oxygen atoms in total. The fourth-order valence-electron chi connectivity index (χ4n) is 3.69. The van der Waals surface area contributed by atoms with Crippen molar-refractivity contribution >= 4 is 17.5 Å². The Labute approximate surface area is 195 Å². The SMILES string of the molecule is Cc1cnc(NC2CCOCC2)nc1-n1cnc(C(O)NCc2cc(F)cc(Cl)c2CO)c1. The molecule has 2 aromatic heterocycles. The zero-order valence-electron chi connectivity index (χ0n) is 18.1. The van der Waals surface area contributed by atoms with Crippen LogP contribution in [0.15, 0.2) is 30.9 Å². The first-order chi connectivity index (χ1) is 15.9. The molecule has 0 saturated carbocycles. The minimum absolute atomic E-state index is 0.0904. The van der Waals surface area contributed by atoms with E-state index in [1.807, 2.05) is 6.92 Å². The summed E-state index contributed by atoms with van der Waals surface area (Å²) in [6.45, 7) is 3.08. The molecule has 176 valence electrons. The van der Waals surface area contributed by atoms with Crippen molar-refractivity contribution in [1.29, 1.82) is 0 Å². The van der Waals surface area contributed by atoms with Crippen molar-refractivity contribution < 1.29 is 19.3 Å². The molecule has 4 N–H and O–H groups in total. The number of halogens is 2. The van der Waals surface area contributed by atoms with Crippen LogP contribution in [-0.4, -0.2) is 49.0 Å². The summed E-state index contributed by atoms with van der Waals surface area (Å²) in [4.78, 5) is 13.3. The number of imidazole rings is 1. The Morgan fingerprint density at radius 2 is 2.09 bits per heavy atom. The molecule has 0 radical (unpaired) electrons. The summed E-state index contributed by atoms with van der Waals surface area (Å²) in [6.07, 6.45) is 5.63. The van der Waals surface area contributed by atoms with Gasteiger partial charge in [0.15, 0.2) is 0 Å². The fraction of sp³-hybridized carbons (Fsp3) is 0.409. The van der Waals surface area contributed by atoms with Gasteiger partial charge in [0.25, 0.3) is 0 Å². The Balaban J connectivity index is 1.46. The van der Waals surface area contributed by atoms with E-state index in [4.69, 9.17) is 16.3 Å². The van der Waals surface area contributed by atoms with Gasteiger partial charge in [-0.3, -0.25) is 9.88 Å². The molecule has 0 spiro atoms. The van der Waals surface area contributed by atoms with Crippen molar-refractivity contribution in [3.63, 3.8) is 0 Å². The molecule has 1 saturated heterocycles. The molecule has 11 heteroatoms. The topological polar surface area (TPSA) is 117 Å². The maximum atomic E-state index is 13.7. The number of benzene rings is 1. The van der Waals surface area contributed by atoms with Crippen LogP contribution in [0, 0.1) is 12.7 Å². The van der Waals surface area contributed by atoms with E-state index in [9.17, 15) is 14.6 Å². The number of aromatic nitrogens is 4. The maximum Gasteiger partial charge on any atom is 0.224 e. The largest absolute Gasteiger partial charge is 0.392 e. The van der Waals surface area contributed by atoms with E-state index < -0.39 is 12.0 Å². The standard InChI is InChI=1S/C22H26ClFN6O3/c1-13-8-26-22(28-16-2-4-33-5-3-16)29-20(13)30-10-19(27-12-30)21(32)25-9-14-6-15(24)7-18(23)17(14)11-31/h6-8,10,12,16,21,25,31-32H,2-5,9,11H2,1H3,(H,26,28,29). The molecular formula is C22H26ClFN6O3. The summed E-state index contributed by atoms with van der Waals surface area (Å²) in [7, 11) is 0. The molecule has 1 atom stereocenters. The summed E-state index contributed by atoms with van der Waals surface area (Å²) in [6, 6.07) is 2.68. The van der Waals surface area contributed by atoms with Gasteiger partial charge in [-0.25, -0.2) is 14.4 Å². The molecule has 0 bridgehead atoms. The first kappa shape index (κ1) is 23.5. The minimum Gasteiger partial charge on any atom is -0.392 e. The highest BCUT2D eigenvalue weighted by Gasteiger charge is 2.17. The van der Waals surface area contributed by atoms with Crippen LogP contribution in [0.2, 0.25) is 5.02 Å². The normalized spacial score (nSPS) is 15.5. The Morgan fingerprint density at radius 1 is 1.30 bits per heavy atom. The molecule has 4 rings (SSSR count). The lowest BCUT2D eigenvalue weighted by Gasteiger charge is -2.23. The quantitative estimate of drug-likeness (QED) is 0.366. The lowest BCUT2D eigenvalue weighted by atomic mass is 10.1. The van der Waals surface area contributed by atoms with Crippen molar-refractivity contribution in [2.75, 3.05) is 18.5 Å². The first-order valence-electron chi connectivity index (χ1n) is 10.7. The number of aliphatic hydroxyl groups is 2. The summed E-state index contributed by atoms with van der Waals surface area (Å²) in [5.41, 5.74) is 2.07. The second-order valence-electron chi connectivity index (χ2n) is 7.90. The number of hydrogen-bond acceptors (Lipinski definition) is 8. The highest BCUT2D eigenvalue weighted by atomic mass is 35.5. The molecule has 3 aromatic rings. The van der Waals surface area contributed by atoms with Crippen LogP contribution >= 0.6 is 11.6 Å². The Hall–Kier alpha value is -2.63. The number of anilines is 1. The number of ether oxygens (including phenoxy) is 1. The molecule has 1 aliphatic heterocycles. The van der Waals surface area contributed by atoms with Gasteiger partial charge in [-0.15, -0.1) is 0 Å². The summed E-state index contributed by atoms with van der Waals surface area (Å²) in [5.74, 6) is 0.651. The van der Waals surface area contributed by atoms with Crippen molar-refractivity contribution in [2.24, 2.45) is 0 Å². The molecule has 0 aliphatic carbocycles. The smallest absolute Gasteiger partial charge is 0.224 e. The van der Waals surface area contributed by atoms with Gasteiger partial charge in [-0.2, -0.15) is 4.98 Å². The molecule has 1 aromatic carbocycles. The number of aryl methyl sites for hydroxylation is 1. The van der Waals surface area contributed by atoms with Crippen molar-refractivity contribution in [1.82, 2.24) is 24.8 Å². The van der Waals surface area contributed by atoms with Gasteiger partial charge in [0, 0.05) is 54.3 Å². The summed E-state index contributed by atoms with van der Waals surface area (Å²) >= 11 is 6.00. The third-order valence-electron chi connectivity index (χ3n) is 5.52. The van der Waals surface area contributed by atoms with Gasteiger partial charge >= 0.3 is 0 Å². The van der Waals surface area contributed by atoms with E-state index in [2.05, 4.69) is 25.6 Å². The van der Waals surface area contributed by atoms with E-state index in [0.717, 1.165) is 24.5 Å². The first-order valence-corrected chi connectivity index (χ1v) is 11.0. The zero-order valence-corrected chi connectivity index (χ0v) is 18.9. The maximum absolute atomic E-state index is 13.7. The summed E-state index contributed by atoms with van der Waals surface area (Å²) < 4.78 is 20.8. The molecule has 33 heavy (non-hydrogen) atoms.